The molecule has 0 fully saturated rings. The Morgan fingerprint density at radius 3 is 2.83 bits per heavy atom. The zero-order valence-corrected chi connectivity index (χ0v) is 16.4. The third-order valence-electron chi connectivity index (χ3n) is 4.01. The predicted molar refractivity (Wildman–Crippen MR) is 106 cm³/mol. The maximum absolute atomic E-state index is 12.5. The van der Waals surface area contributed by atoms with Gasteiger partial charge in [-0.25, -0.2) is 13.4 Å². The van der Waals surface area contributed by atoms with Crippen LogP contribution in [-0.4, -0.2) is 60.4 Å². The Morgan fingerprint density at radius 2 is 2.07 bits per heavy atom. The maximum Gasteiger partial charge on any atom is 0.256 e. The second-order valence-corrected chi connectivity index (χ2v) is 7.97. The number of aromatic nitrogens is 4. The van der Waals surface area contributed by atoms with Gasteiger partial charge in [-0.2, -0.15) is 14.6 Å². The molecule has 13 heteroatoms. The topological polar surface area (TPSA) is 152 Å². The molecular weight excluding hydrogens is 400 g/mol. The van der Waals surface area contributed by atoms with Crippen LogP contribution < -0.4 is 25.4 Å². The highest BCUT2D eigenvalue weighted by molar-refractivity contribution is 7.92. The predicted octanol–water partition coefficient (Wildman–Crippen LogP) is 0.403. The van der Waals surface area contributed by atoms with Gasteiger partial charge in [-0.3, -0.25) is 9.52 Å². The van der Waals surface area contributed by atoms with Gasteiger partial charge in [0.25, 0.3) is 5.91 Å². The molecule has 12 nitrogen and oxygen atoms in total. The average Bonchev–Trinajstić information content (AvgIpc) is 3.08. The molecule has 29 heavy (non-hydrogen) atoms. The molecule has 1 aliphatic heterocycles. The van der Waals surface area contributed by atoms with E-state index in [0.717, 1.165) is 6.26 Å². The molecule has 0 spiro atoms. The maximum atomic E-state index is 12.5. The fraction of sp³-hybridized carbons (Fsp3) is 0.250. The zero-order chi connectivity index (χ0) is 20.6. The summed E-state index contributed by atoms with van der Waals surface area (Å²) in [7, 11) is -1.80. The van der Waals surface area contributed by atoms with Crippen LogP contribution in [0, 0.1) is 0 Å². The number of amides is 1. The van der Waals surface area contributed by atoms with Gasteiger partial charge in [-0.15, -0.1) is 0 Å². The van der Waals surface area contributed by atoms with Crippen molar-refractivity contribution in [1.82, 2.24) is 24.9 Å². The number of hydrogen-bond donors (Lipinski definition) is 4. The number of carbonyl (C=O) groups excluding carboxylic acids is 1. The van der Waals surface area contributed by atoms with Crippen LogP contribution in [0.15, 0.2) is 24.4 Å². The van der Waals surface area contributed by atoms with Gasteiger partial charge in [-0.1, -0.05) is 0 Å². The van der Waals surface area contributed by atoms with Crippen molar-refractivity contribution in [2.45, 2.75) is 0 Å². The number of ether oxygens (including phenoxy) is 1. The molecule has 3 aromatic rings. The number of carbonyl (C=O) groups is 1. The highest BCUT2D eigenvalue weighted by Crippen LogP contribution is 2.27. The lowest BCUT2D eigenvalue weighted by Crippen LogP contribution is -2.28. The molecule has 0 atom stereocenters. The van der Waals surface area contributed by atoms with Gasteiger partial charge < -0.3 is 20.7 Å². The number of nitrogens with zero attached hydrogens (tertiary/aromatic N) is 4. The van der Waals surface area contributed by atoms with E-state index in [9.17, 15) is 13.2 Å². The lowest BCUT2D eigenvalue weighted by Gasteiger charge is -2.13. The second kappa shape index (κ2) is 7.09. The van der Waals surface area contributed by atoms with Crippen LogP contribution in [0.5, 0.6) is 5.88 Å². The molecule has 4 heterocycles. The Morgan fingerprint density at radius 1 is 1.24 bits per heavy atom. The molecule has 152 valence electrons. The summed E-state index contributed by atoms with van der Waals surface area (Å²) in [6, 6.07) is 4.82. The molecule has 0 saturated carbocycles. The van der Waals surface area contributed by atoms with Crippen LogP contribution in [0.2, 0.25) is 0 Å². The third kappa shape index (κ3) is 3.85. The monoisotopic (exact) mass is 418 g/mol. The number of hydrogen-bond acceptors (Lipinski definition) is 9. The molecule has 0 radical (unpaired) electrons. The first kappa shape index (κ1) is 18.7. The summed E-state index contributed by atoms with van der Waals surface area (Å²) in [6.07, 6.45) is 2.47. The fourth-order valence-electron chi connectivity index (χ4n) is 2.80. The number of nitrogens with one attached hydrogen (secondary N) is 4. The summed E-state index contributed by atoms with van der Waals surface area (Å²) in [5.41, 5.74) is 0.867. The second-order valence-electron chi connectivity index (χ2n) is 6.22. The Bertz CT molecular complexity index is 1210. The fourth-order valence-corrected chi connectivity index (χ4v) is 3.36. The summed E-state index contributed by atoms with van der Waals surface area (Å²) < 4.78 is 32.7. The van der Waals surface area contributed by atoms with Crippen LogP contribution in [0.25, 0.3) is 5.65 Å². The van der Waals surface area contributed by atoms with E-state index in [2.05, 4.69) is 35.7 Å². The van der Waals surface area contributed by atoms with Crippen molar-refractivity contribution in [3.05, 3.63) is 30.0 Å². The zero-order valence-electron chi connectivity index (χ0n) is 15.6. The minimum atomic E-state index is -3.52. The lowest BCUT2D eigenvalue weighted by molar-refractivity contribution is 0.0948. The Balaban J connectivity index is 1.82. The van der Waals surface area contributed by atoms with E-state index in [-0.39, 0.29) is 30.6 Å². The number of rotatable bonds is 3. The number of pyridine rings is 1. The quantitative estimate of drug-likeness (QED) is 0.474. The van der Waals surface area contributed by atoms with E-state index in [1.807, 2.05) is 0 Å². The van der Waals surface area contributed by atoms with Crippen LogP contribution in [0.1, 0.15) is 10.4 Å². The van der Waals surface area contributed by atoms with Crippen molar-refractivity contribution in [2.75, 3.05) is 41.8 Å². The van der Waals surface area contributed by atoms with E-state index in [0.29, 0.717) is 28.7 Å². The molecule has 0 aromatic carbocycles. The Labute approximate surface area is 165 Å². The van der Waals surface area contributed by atoms with Crippen LogP contribution >= 0.6 is 0 Å². The summed E-state index contributed by atoms with van der Waals surface area (Å²) in [5, 5.41) is 13.0. The molecule has 0 unspecified atom stereocenters. The Kier molecular flexibility index (Phi) is 4.58. The molecule has 0 saturated heterocycles. The minimum Gasteiger partial charge on any atom is -0.474 e. The van der Waals surface area contributed by atoms with Gasteiger partial charge in [0.15, 0.2) is 5.65 Å². The van der Waals surface area contributed by atoms with Gasteiger partial charge in [0.1, 0.15) is 35.3 Å². The van der Waals surface area contributed by atoms with Gasteiger partial charge >= 0.3 is 0 Å². The minimum absolute atomic E-state index is 0.0758. The standard InChI is InChI=1S/C16H18N8O4S/c1-17-13-7-12-20-11-4-3-10(23-29(2,26)27)16(22-11)28-6-5-18-15(25)9-8-19-24(13)14(9)21-12/h3-4,7-8,17,23H,5-6H2,1-2H3,(H,18,25)(H,20,21,22). The SMILES string of the molecule is CNc1cc2nc3c(cnn13)C(=O)NCCOc1nc(ccc1NS(C)(=O)=O)N2. The van der Waals surface area contributed by atoms with Crippen molar-refractivity contribution in [1.29, 1.82) is 0 Å². The van der Waals surface area contributed by atoms with E-state index in [1.54, 1.807) is 19.2 Å². The van der Waals surface area contributed by atoms with Crippen molar-refractivity contribution in [2.24, 2.45) is 0 Å². The molecular formula is C16H18N8O4S. The molecule has 4 rings (SSSR count). The van der Waals surface area contributed by atoms with Crippen LogP contribution in [0.4, 0.5) is 23.1 Å². The molecule has 1 aliphatic rings. The molecule has 3 aromatic heterocycles. The van der Waals surface area contributed by atoms with E-state index in [1.165, 1.54) is 16.8 Å². The highest BCUT2D eigenvalue weighted by atomic mass is 32.2. The van der Waals surface area contributed by atoms with Gasteiger partial charge in [0.2, 0.25) is 15.9 Å². The summed E-state index contributed by atoms with van der Waals surface area (Å²) in [6.45, 7) is 0.254. The average molecular weight is 418 g/mol. The molecule has 4 bridgehead atoms. The van der Waals surface area contributed by atoms with Crippen LogP contribution in [0.3, 0.4) is 0 Å². The van der Waals surface area contributed by atoms with E-state index in [4.69, 9.17) is 4.74 Å². The first-order chi connectivity index (χ1) is 13.8. The third-order valence-corrected chi connectivity index (χ3v) is 4.60. The first-order valence-corrected chi connectivity index (χ1v) is 10.5. The smallest absolute Gasteiger partial charge is 0.256 e. The lowest BCUT2D eigenvalue weighted by atomic mass is 10.3. The normalized spacial score (nSPS) is 14.1. The number of sulfonamides is 1. The van der Waals surface area contributed by atoms with Crippen molar-refractivity contribution in [3.8, 4) is 5.88 Å². The van der Waals surface area contributed by atoms with Crippen molar-refractivity contribution >= 4 is 44.7 Å². The largest absolute Gasteiger partial charge is 0.474 e. The van der Waals surface area contributed by atoms with E-state index >= 15 is 0 Å². The summed E-state index contributed by atoms with van der Waals surface area (Å²) in [4.78, 5) is 21.3. The Hall–Kier alpha value is -3.61. The van der Waals surface area contributed by atoms with Gasteiger partial charge in [-0.05, 0) is 12.1 Å². The van der Waals surface area contributed by atoms with E-state index < -0.39 is 10.0 Å². The van der Waals surface area contributed by atoms with Gasteiger partial charge in [0.05, 0.1) is 19.0 Å². The molecule has 1 amide bonds. The van der Waals surface area contributed by atoms with Crippen molar-refractivity contribution < 1.29 is 17.9 Å². The number of fused-ring (bicyclic) bond motifs is 3. The summed E-state index contributed by atoms with van der Waals surface area (Å²) >= 11 is 0. The summed E-state index contributed by atoms with van der Waals surface area (Å²) in [5.74, 6) is 1.13. The van der Waals surface area contributed by atoms with Gasteiger partial charge in [0, 0.05) is 13.1 Å². The van der Waals surface area contributed by atoms with Crippen LogP contribution in [-0.2, 0) is 10.0 Å². The molecule has 0 aliphatic carbocycles. The highest BCUT2D eigenvalue weighted by Gasteiger charge is 2.19. The number of anilines is 4. The molecule has 4 N–H and O–H groups in total. The first-order valence-electron chi connectivity index (χ1n) is 8.57. The van der Waals surface area contributed by atoms with Crippen molar-refractivity contribution in [3.63, 3.8) is 0 Å².